The van der Waals surface area contributed by atoms with Crippen LogP contribution in [0.15, 0.2) is 30.5 Å². The van der Waals surface area contributed by atoms with Crippen LogP contribution in [-0.2, 0) is 0 Å². The van der Waals surface area contributed by atoms with Crippen molar-refractivity contribution in [1.82, 2.24) is 9.88 Å². The van der Waals surface area contributed by atoms with Crippen molar-refractivity contribution in [2.24, 2.45) is 5.92 Å². The van der Waals surface area contributed by atoms with Crippen LogP contribution in [0.25, 0.3) is 10.9 Å². The molecule has 2 aromatic rings. The molecule has 1 saturated heterocycles. The number of likely N-dealkylation sites (tertiary alicyclic amines) is 1. The molecule has 2 heterocycles. The Labute approximate surface area is 122 Å². The van der Waals surface area contributed by atoms with Crippen LogP contribution >= 0.6 is 11.6 Å². The summed E-state index contributed by atoms with van der Waals surface area (Å²) in [7, 11) is 0. The summed E-state index contributed by atoms with van der Waals surface area (Å²) < 4.78 is 0. The van der Waals surface area contributed by atoms with Gasteiger partial charge in [0.2, 0.25) is 0 Å². The van der Waals surface area contributed by atoms with Gasteiger partial charge in [0.25, 0.3) is 5.91 Å². The van der Waals surface area contributed by atoms with Crippen molar-refractivity contribution in [2.45, 2.75) is 6.42 Å². The minimum absolute atomic E-state index is 0.0404. The molecule has 0 aliphatic carbocycles. The van der Waals surface area contributed by atoms with E-state index in [2.05, 4.69) is 4.98 Å². The number of pyridine rings is 1. The fourth-order valence-corrected chi connectivity index (χ4v) is 2.86. The van der Waals surface area contributed by atoms with E-state index in [1.807, 2.05) is 6.07 Å². The molecule has 0 saturated carbocycles. The van der Waals surface area contributed by atoms with Gasteiger partial charge in [0, 0.05) is 37.2 Å². The van der Waals surface area contributed by atoms with Gasteiger partial charge in [0.1, 0.15) is 0 Å². The standard InChI is InChI=1S/C15H15ClN2O2/c16-13-4-3-12(14-11(13)2-1-6-17-14)15(20)18-7-5-10(8-18)9-19/h1-4,6,10,19H,5,7-9H2. The Hall–Kier alpha value is -1.65. The van der Waals surface area contributed by atoms with E-state index in [1.54, 1.807) is 29.3 Å². The summed E-state index contributed by atoms with van der Waals surface area (Å²) >= 11 is 6.14. The highest BCUT2D eigenvalue weighted by molar-refractivity contribution is 6.36. The molecular weight excluding hydrogens is 276 g/mol. The van der Waals surface area contributed by atoms with E-state index in [1.165, 1.54) is 0 Å². The van der Waals surface area contributed by atoms with Crippen molar-refractivity contribution in [1.29, 1.82) is 0 Å². The van der Waals surface area contributed by atoms with E-state index >= 15 is 0 Å². The van der Waals surface area contributed by atoms with Gasteiger partial charge in [0.05, 0.1) is 16.1 Å². The number of nitrogens with zero attached hydrogens (tertiary/aromatic N) is 2. The molecule has 3 rings (SSSR count). The number of benzene rings is 1. The zero-order chi connectivity index (χ0) is 14.1. The van der Waals surface area contributed by atoms with Crippen molar-refractivity contribution < 1.29 is 9.90 Å². The fraction of sp³-hybridized carbons (Fsp3) is 0.333. The Bertz CT molecular complexity index is 659. The van der Waals surface area contributed by atoms with Crippen LogP contribution in [0, 0.1) is 5.92 Å². The molecule has 1 unspecified atom stereocenters. The first-order chi connectivity index (χ1) is 9.70. The summed E-state index contributed by atoms with van der Waals surface area (Å²) in [6, 6.07) is 7.13. The Balaban J connectivity index is 1.98. The number of aromatic nitrogens is 1. The molecule has 0 spiro atoms. The summed E-state index contributed by atoms with van der Waals surface area (Å²) in [6.07, 6.45) is 2.51. The lowest BCUT2D eigenvalue weighted by Crippen LogP contribution is -2.29. The van der Waals surface area contributed by atoms with Crippen molar-refractivity contribution >= 4 is 28.4 Å². The van der Waals surface area contributed by atoms with Crippen molar-refractivity contribution in [2.75, 3.05) is 19.7 Å². The number of rotatable bonds is 2. The van der Waals surface area contributed by atoms with Crippen LogP contribution in [0.3, 0.4) is 0 Å². The summed E-state index contributed by atoms with van der Waals surface area (Å²) in [5.41, 5.74) is 1.21. The first-order valence-corrected chi connectivity index (χ1v) is 7.02. The lowest BCUT2D eigenvalue weighted by atomic mass is 10.1. The van der Waals surface area contributed by atoms with Gasteiger partial charge in [-0.15, -0.1) is 0 Å². The van der Waals surface area contributed by atoms with Crippen LogP contribution in [0.5, 0.6) is 0 Å². The van der Waals surface area contributed by atoms with E-state index in [4.69, 9.17) is 11.6 Å². The molecule has 20 heavy (non-hydrogen) atoms. The van der Waals surface area contributed by atoms with E-state index in [9.17, 15) is 9.90 Å². The zero-order valence-electron chi connectivity index (χ0n) is 10.9. The summed E-state index contributed by atoms with van der Waals surface area (Å²) in [6.45, 7) is 1.41. The second kappa shape index (κ2) is 5.38. The maximum absolute atomic E-state index is 12.6. The molecule has 1 fully saturated rings. The SMILES string of the molecule is O=C(c1ccc(Cl)c2cccnc12)N1CCC(CO)C1. The molecule has 1 aromatic carbocycles. The Kier molecular flexibility index (Phi) is 3.59. The molecule has 104 valence electrons. The van der Waals surface area contributed by atoms with Gasteiger partial charge in [-0.3, -0.25) is 9.78 Å². The molecule has 5 heteroatoms. The van der Waals surface area contributed by atoms with Crippen molar-refractivity contribution in [3.63, 3.8) is 0 Å². The largest absolute Gasteiger partial charge is 0.396 e. The Morgan fingerprint density at radius 1 is 1.45 bits per heavy atom. The topological polar surface area (TPSA) is 53.4 Å². The third-order valence-corrected chi connectivity index (χ3v) is 4.11. The number of amides is 1. The number of halogens is 1. The average molecular weight is 291 g/mol. The lowest BCUT2D eigenvalue weighted by Gasteiger charge is -2.17. The van der Waals surface area contributed by atoms with Crippen LogP contribution in [-0.4, -0.2) is 40.6 Å². The molecule has 4 nitrogen and oxygen atoms in total. The molecule has 1 amide bonds. The first kappa shape index (κ1) is 13.3. The monoisotopic (exact) mass is 290 g/mol. The predicted molar refractivity (Wildman–Crippen MR) is 77.8 cm³/mol. The van der Waals surface area contributed by atoms with Gasteiger partial charge in [-0.1, -0.05) is 11.6 Å². The number of hydrogen-bond donors (Lipinski definition) is 1. The molecule has 1 aromatic heterocycles. The quantitative estimate of drug-likeness (QED) is 0.924. The second-order valence-electron chi connectivity index (χ2n) is 5.08. The highest BCUT2D eigenvalue weighted by Crippen LogP contribution is 2.27. The number of aliphatic hydroxyl groups is 1. The number of fused-ring (bicyclic) bond motifs is 1. The summed E-state index contributed by atoms with van der Waals surface area (Å²) in [5, 5.41) is 10.6. The summed E-state index contributed by atoms with van der Waals surface area (Å²) in [5.74, 6) is 0.145. The van der Waals surface area contributed by atoms with Crippen molar-refractivity contribution in [3.8, 4) is 0 Å². The molecule has 1 atom stereocenters. The van der Waals surface area contributed by atoms with Gasteiger partial charge in [-0.2, -0.15) is 0 Å². The molecule has 0 bridgehead atoms. The van der Waals surface area contributed by atoms with Crippen molar-refractivity contribution in [3.05, 3.63) is 41.0 Å². The molecule has 1 N–H and O–H groups in total. The van der Waals surface area contributed by atoms with E-state index in [-0.39, 0.29) is 18.4 Å². The maximum atomic E-state index is 12.6. The molecular formula is C15H15ClN2O2. The first-order valence-electron chi connectivity index (χ1n) is 6.64. The van der Waals surface area contributed by atoms with Crippen LogP contribution in [0.2, 0.25) is 5.02 Å². The minimum Gasteiger partial charge on any atom is -0.396 e. The second-order valence-corrected chi connectivity index (χ2v) is 5.49. The van der Waals surface area contributed by atoms with Gasteiger partial charge in [-0.05, 0) is 30.7 Å². The fourth-order valence-electron chi connectivity index (χ4n) is 2.65. The molecule has 1 aliphatic heterocycles. The Morgan fingerprint density at radius 2 is 2.30 bits per heavy atom. The zero-order valence-corrected chi connectivity index (χ0v) is 11.7. The third-order valence-electron chi connectivity index (χ3n) is 3.78. The number of aliphatic hydroxyl groups excluding tert-OH is 1. The van der Waals surface area contributed by atoms with Gasteiger partial charge < -0.3 is 10.0 Å². The highest BCUT2D eigenvalue weighted by atomic mass is 35.5. The van der Waals surface area contributed by atoms with E-state index < -0.39 is 0 Å². The maximum Gasteiger partial charge on any atom is 0.256 e. The normalized spacial score (nSPS) is 18.7. The van der Waals surface area contributed by atoms with E-state index in [0.29, 0.717) is 29.2 Å². The average Bonchev–Trinajstić information content (AvgIpc) is 2.96. The van der Waals surface area contributed by atoms with E-state index in [0.717, 1.165) is 11.8 Å². The highest BCUT2D eigenvalue weighted by Gasteiger charge is 2.27. The Morgan fingerprint density at radius 3 is 3.05 bits per heavy atom. The number of carbonyl (C=O) groups excluding carboxylic acids is 1. The third kappa shape index (κ3) is 2.25. The van der Waals surface area contributed by atoms with Gasteiger partial charge >= 0.3 is 0 Å². The van der Waals surface area contributed by atoms with Gasteiger partial charge in [0.15, 0.2) is 0 Å². The molecule has 1 aliphatic rings. The van der Waals surface area contributed by atoms with Crippen LogP contribution in [0.1, 0.15) is 16.8 Å². The smallest absolute Gasteiger partial charge is 0.256 e. The molecule has 0 radical (unpaired) electrons. The van der Waals surface area contributed by atoms with Crippen LogP contribution in [0.4, 0.5) is 0 Å². The number of carbonyl (C=O) groups is 1. The minimum atomic E-state index is -0.0404. The lowest BCUT2D eigenvalue weighted by molar-refractivity contribution is 0.0783. The summed E-state index contributed by atoms with van der Waals surface area (Å²) in [4.78, 5) is 18.7. The van der Waals surface area contributed by atoms with Gasteiger partial charge in [-0.25, -0.2) is 0 Å². The number of hydrogen-bond acceptors (Lipinski definition) is 3. The van der Waals surface area contributed by atoms with Crippen LogP contribution < -0.4 is 0 Å². The predicted octanol–water partition coefficient (Wildman–Crippen LogP) is 2.34.